The minimum Gasteiger partial charge on any atom is -0.307 e. The van der Waals surface area contributed by atoms with Gasteiger partial charge in [-0.3, -0.25) is 4.79 Å². The molecule has 0 saturated carbocycles. The van der Waals surface area contributed by atoms with Crippen LogP contribution in [-0.4, -0.2) is 15.7 Å². The molecule has 0 atom stereocenters. The summed E-state index contributed by atoms with van der Waals surface area (Å²) in [6, 6.07) is 19.8. The number of rotatable bonds is 6. The number of carbonyl (C=O) groups excluding carboxylic acids is 1. The van der Waals surface area contributed by atoms with Crippen LogP contribution in [0.15, 0.2) is 60.7 Å². The minimum atomic E-state index is -0.114. The third kappa shape index (κ3) is 4.35. The normalized spacial score (nSPS) is 10.6. The van der Waals surface area contributed by atoms with Crippen molar-refractivity contribution in [3.05, 3.63) is 83.0 Å². The highest BCUT2D eigenvalue weighted by Crippen LogP contribution is 2.15. The van der Waals surface area contributed by atoms with E-state index >= 15 is 0 Å². The van der Waals surface area contributed by atoms with E-state index in [2.05, 4.69) is 29.5 Å². The molecule has 1 N–H and O–H groups in total. The Balaban J connectivity index is 1.75. The summed E-state index contributed by atoms with van der Waals surface area (Å²) in [5.41, 5.74) is 3.93. The molecule has 1 amide bonds. The highest BCUT2D eigenvalue weighted by molar-refractivity contribution is 6.03. The number of amides is 1. The summed E-state index contributed by atoms with van der Waals surface area (Å²) < 4.78 is 1.83. The summed E-state index contributed by atoms with van der Waals surface area (Å²) in [5, 5.41) is 7.47. The van der Waals surface area contributed by atoms with E-state index in [1.165, 1.54) is 5.56 Å². The van der Waals surface area contributed by atoms with Crippen LogP contribution in [0.3, 0.4) is 0 Å². The molecule has 4 heteroatoms. The Hall–Kier alpha value is -2.88. The molecule has 0 spiro atoms. The first-order chi connectivity index (χ1) is 12.2. The second-order valence-corrected chi connectivity index (χ2v) is 6.22. The zero-order valence-electron chi connectivity index (χ0n) is 14.7. The standard InChI is InChI=1S/C21H23N3O/c1-3-7-17-10-12-19(13-11-17)21(25)22-20-14-16(2)23-24(20)15-18-8-5-4-6-9-18/h4-6,8-14H,3,7,15H2,1-2H3,(H,22,25). The van der Waals surface area contributed by atoms with Crippen LogP contribution in [0, 0.1) is 6.92 Å². The molecule has 25 heavy (non-hydrogen) atoms. The molecule has 4 nitrogen and oxygen atoms in total. The van der Waals surface area contributed by atoms with Crippen LogP contribution in [0.2, 0.25) is 0 Å². The van der Waals surface area contributed by atoms with Gasteiger partial charge in [-0.25, -0.2) is 4.68 Å². The Bertz CT molecular complexity index is 835. The summed E-state index contributed by atoms with van der Waals surface area (Å²) in [6.07, 6.45) is 2.13. The van der Waals surface area contributed by atoms with Crippen molar-refractivity contribution < 1.29 is 4.79 Å². The van der Waals surface area contributed by atoms with Crippen molar-refractivity contribution in [2.24, 2.45) is 0 Å². The number of aromatic nitrogens is 2. The number of carbonyl (C=O) groups is 1. The summed E-state index contributed by atoms with van der Waals surface area (Å²) in [4.78, 5) is 12.5. The molecule has 0 fully saturated rings. The van der Waals surface area contributed by atoms with E-state index in [0.717, 1.165) is 24.1 Å². The average molecular weight is 333 g/mol. The van der Waals surface area contributed by atoms with E-state index in [0.29, 0.717) is 17.9 Å². The minimum absolute atomic E-state index is 0.114. The lowest BCUT2D eigenvalue weighted by molar-refractivity contribution is 0.102. The van der Waals surface area contributed by atoms with Crippen molar-refractivity contribution in [3.63, 3.8) is 0 Å². The topological polar surface area (TPSA) is 46.9 Å². The van der Waals surface area contributed by atoms with Crippen LogP contribution < -0.4 is 5.32 Å². The highest BCUT2D eigenvalue weighted by atomic mass is 16.1. The number of aryl methyl sites for hydroxylation is 2. The van der Waals surface area contributed by atoms with E-state index in [1.807, 2.05) is 60.1 Å². The average Bonchev–Trinajstić information content (AvgIpc) is 2.95. The number of nitrogens with one attached hydrogen (secondary N) is 1. The molecular formula is C21H23N3O. The van der Waals surface area contributed by atoms with E-state index in [-0.39, 0.29) is 5.91 Å². The predicted octanol–water partition coefficient (Wildman–Crippen LogP) is 4.44. The van der Waals surface area contributed by atoms with Gasteiger partial charge in [0.2, 0.25) is 0 Å². The molecule has 0 aliphatic heterocycles. The lowest BCUT2D eigenvalue weighted by atomic mass is 10.1. The van der Waals surface area contributed by atoms with Crippen molar-refractivity contribution in [2.45, 2.75) is 33.2 Å². The Morgan fingerprint density at radius 2 is 1.76 bits per heavy atom. The van der Waals surface area contributed by atoms with Gasteiger partial charge in [0.15, 0.2) is 0 Å². The van der Waals surface area contributed by atoms with E-state index < -0.39 is 0 Å². The highest BCUT2D eigenvalue weighted by Gasteiger charge is 2.11. The van der Waals surface area contributed by atoms with Crippen molar-refractivity contribution in [2.75, 3.05) is 5.32 Å². The number of benzene rings is 2. The van der Waals surface area contributed by atoms with E-state index in [4.69, 9.17) is 0 Å². The smallest absolute Gasteiger partial charge is 0.256 e. The molecule has 0 aliphatic rings. The first-order valence-corrected chi connectivity index (χ1v) is 8.64. The lowest BCUT2D eigenvalue weighted by Gasteiger charge is -2.09. The van der Waals surface area contributed by atoms with Gasteiger partial charge >= 0.3 is 0 Å². The zero-order valence-corrected chi connectivity index (χ0v) is 14.7. The molecule has 0 unspecified atom stereocenters. The van der Waals surface area contributed by atoms with Crippen LogP contribution in [0.5, 0.6) is 0 Å². The van der Waals surface area contributed by atoms with Crippen LogP contribution >= 0.6 is 0 Å². The first-order valence-electron chi connectivity index (χ1n) is 8.64. The molecule has 0 bridgehead atoms. The predicted molar refractivity (Wildman–Crippen MR) is 101 cm³/mol. The molecule has 2 aromatic carbocycles. The molecule has 0 radical (unpaired) electrons. The van der Waals surface area contributed by atoms with Gasteiger partial charge in [-0.2, -0.15) is 5.10 Å². The van der Waals surface area contributed by atoms with Gasteiger partial charge in [-0.05, 0) is 36.6 Å². The Morgan fingerprint density at radius 1 is 1.04 bits per heavy atom. The molecule has 0 saturated heterocycles. The largest absolute Gasteiger partial charge is 0.307 e. The van der Waals surface area contributed by atoms with Gasteiger partial charge in [0.25, 0.3) is 5.91 Å². The monoisotopic (exact) mass is 333 g/mol. The van der Waals surface area contributed by atoms with Gasteiger partial charge in [-0.1, -0.05) is 55.8 Å². The molecular weight excluding hydrogens is 310 g/mol. The Kier molecular flexibility index (Phi) is 5.29. The Morgan fingerprint density at radius 3 is 2.44 bits per heavy atom. The van der Waals surface area contributed by atoms with Crippen molar-refractivity contribution >= 4 is 11.7 Å². The van der Waals surface area contributed by atoms with Crippen molar-refractivity contribution in [1.29, 1.82) is 0 Å². The second-order valence-electron chi connectivity index (χ2n) is 6.22. The fourth-order valence-electron chi connectivity index (χ4n) is 2.82. The van der Waals surface area contributed by atoms with Gasteiger partial charge in [0, 0.05) is 11.6 Å². The molecule has 128 valence electrons. The van der Waals surface area contributed by atoms with Crippen molar-refractivity contribution in [3.8, 4) is 0 Å². The summed E-state index contributed by atoms with van der Waals surface area (Å²) in [7, 11) is 0. The summed E-state index contributed by atoms with van der Waals surface area (Å²) >= 11 is 0. The molecule has 1 aromatic heterocycles. The number of hydrogen-bond donors (Lipinski definition) is 1. The maximum absolute atomic E-state index is 12.5. The van der Waals surface area contributed by atoms with Gasteiger partial charge in [0.05, 0.1) is 12.2 Å². The van der Waals surface area contributed by atoms with Gasteiger partial charge in [0.1, 0.15) is 5.82 Å². The third-order valence-electron chi connectivity index (χ3n) is 4.07. The van der Waals surface area contributed by atoms with Crippen LogP contribution in [0.1, 0.15) is 40.5 Å². The second kappa shape index (κ2) is 7.79. The third-order valence-corrected chi connectivity index (χ3v) is 4.07. The molecule has 3 aromatic rings. The maximum atomic E-state index is 12.5. The summed E-state index contributed by atoms with van der Waals surface area (Å²) in [5.74, 6) is 0.598. The molecule has 0 aliphatic carbocycles. The van der Waals surface area contributed by atoms with Crippen LogP contribution in [0.25, 0.3) is 0 Å². The Labute approximate surface area is 148 Å². The first kappa shape index (κ1) is 17.0. The van der Waals surface area contributed by atoms with Crippen LogP contribution in [-0.2, 0) is 13.0 Å². The van der Waals surface area contributed by atoms with E-state index in [1.54, 1.807) is 0 Å². The lowest BCUT2D eigenvalue weighted by Crippen LogP contribution is -2.16. The number of hydrogen-bond acceptors (Lipinski definition) is 2. The zero-order chi connectivity index (χ0) is 17.6. The number of anilines is 1. The SMILES string of the molecule is CCCc1ccc(C(=O)Nc2cc(C)nn2Cc2ccccc2)cc1. The summed E-state index contributed by atoms with van der Waals surface area (Å²) in [6.45, 7) is 4.70. The van der Waals surface area contributed by atoms with Crippen LogP contribution in [0.4, 0.5) is 5.82 Å². The fourth-order valence-corrected chi connectivity index (χ4v) is 2.82. The quantitative estimate of drug-likeness (QED) is 0.724. The van der Waals surface area contributed by atoms with Crippen molar-refractivity contribution in [1.82, 2.24) is 9.78 Å². The fraction of sp³-hybridized carbons (Fsp3) is 0.238. The molecule has 3 rings (SSSR count). The van der Waals surface area contributed by atoms with Gasteiger partial charge < -0.3 is 5.32 Å². The van der Waals surface area contributed by atoms with E-state index in [9.17, 15) is 4.79 Å². The van der Waals surface area contributed by atoms with Gasteiger partial charge in [-0.15, -0.1) is 0 Å². The molecule has 1 heterocycles. The number of nitrogens with zero attached hydrogens (tertiary/aromatic N) is 2. The maximum Gasteiger partial charge on any atom is 0.256 e.